The molecule has 2 amide bonds. The van der Waals surface area contributed by atoms with Gasteiger partial charge in [-0.25, -0.2) is 15.1 Å². The van der Waals surface area contributed by atoms with Gasteiger partial charge in [0.1, 0.15) is 11.8 Å². The van der Waals surface area contributed by atoms with E-state index in [-0.39, 0.29) is 37.1 Å². The summed E-state index contributed by atoms with van der Waals surface area (Å²) in [4.78, 5) is 42.9. The minimum absolute atomic E-state index is 0.0792. The molecule has 11 nitrogen and oxygen atoms in total. The van der Waals surface area contributed by atoms with Gasteiger partial charge in [0.25, 0.3) is 5.96 Å². The number of benzene rings is 3. The predicted molar refractivity (Wildman–Crippen MR) is 141 cm³/mol. The van der Waals surface area contributed by atoms with Crippen molar-refractivity contribution in [2.45, 2.75) is 31.3 Å². The van der Waals surface area contributed by atoms with Crippen LogP contribution in [-0.2, 0) is 16.1 Å². The molecule has 0 unspecified atom stereocenters. The van der Waals surface area contributed by atoms with Gasteiger partial charge >= 0.3 is 0 Å². The molecular formula is C27H28N6O5. The molecule has 38 heavy (non-hydrogen) atoms. The molecule has 0 heterocycles. The van der Waals surface area contributed by atoms with E-state index in [0.29, 0.717) is 12.0 Å². The number of fused-ring (bicyclic) bond motifs is 3. The van der Waals surface area contributed by atoms with Crippen molar-refractivity contribution in [3.05, 3.63) is 99.6 Å². The van der Waals surface area contributed by atoms with Crippen LogP contribution in [0.25, 0.3) is 11.1 Å². The molecule has 4 rings (SSSR count). The zero-order valence-corrected chi connectivity index (χ0v) is 20.5. The van der Waals surface area contributed by atoms with Crippen molar-refractivity contribution in [2.75, 3.05) is 6.54 Å². The highest BCUT2D eigenvalue weighted by Crippen LogP contribution is 2.45. The summed E-state index contributed by atoms with van der Waals surface area (Å²) in [7, 11) is 0. The van der Waals surface area contributed by atoms with E-state index in [4.69, 9.17) is 11.5 Å². The number of aliphatic imine (C=N–C) groups is 1. The molecule has 11 heteroatoms. The van der Waals surface area contributed by atoms with Crippen LogP contribution in [0.1, 0.15) is 35.4 Å². The Hall–Kier alpha value is -4.93. The molecule has 0 fully saturated rings. The van der Waals surface area contributed by atoms with Crippen LogP contribution in [0.3, 0.4) is 0 Å². The van der Waals surface area contributed by atoms with E-state index in [1.54, 1.807) is 17.6 Å². The molecule has 0 bridgehead atoms. The first-order valence-electron chi connectivity index (χ1n) is 12.0. The third kappa shape index (κ3) is 5.72. The molecule has 6 N–H and O–H groups in total. The van der Waals surface area contributed by atoms with Crippen LogP contribution in [0, 0.1) is 10.1 Å². The number of nitro groups is 1. The van der Waals surface area contributed by atoms with Crippen molar-refractivity contribution >= 4 is 17.8 Å². The topological polar surface area (TPSA) is 177 Å². The lowest BCUT2D eigenvalue weighted by Crippen LogP contribution is -2.49. The van der Waals surface area contributed by atoms with Gasteiger partial charge in [0.2, 0.25) is 11.8 Å². The lowest BCUT2D eigenvalue weighted by Gasteiger charge is -2.32. The van der Waals surface area contributed by atoms with Crippen LogP contribution in [0.5, 0.6) is 5.75 Å². The lowest BCUT2D eigenvalue weighted by molar-refractivity contribution is -0.525. The number of amides is 2. The Bertz CT molecular complexity index is 1330. The number of hydrazine groups is 1. The number of aromatic hydroxyl groups is 1. The first-order chi connectivity index (χ1) is 18.3. The molecule has 1 aliphatic rings. The van der Waals surface area contributed by atoms with Crippen molar-refractivity contribution in [3.8, 4) is 16.9 Å². The Morgan fingerprint density at radius 3 is 2.13 bits per heavy atom. The molecule has 0 radical (unpaired) electrons. The average molecular weight is 517 g/mol. The largest absolute Gasteiger partial charge is 0.508 e. The van der Waals surface area contributed by atoms with Crippen molar-refractivity contribution < 1.29 is 19.7 Å². The van der Waals surface area contributed by atoms with Crippen molar-refractivity contribution in [3.63, 3.8) is 0 Å². The van der Waals surface area contributed by atoms with E-state index in [1.165, 1.54) is 17.0 Å². The minimum Gasteiger partial charge on any atom is -0.508 e. The molecule has 1 atom stereocenters. The van der Waals surface area contributed by atoms with E-state index >= 15 is 0 Å². The summed E-state index contributed by atoms with van der Waals surface area (Å²) >= 11 is 0. The van der Waals surface area contributed by atoms with Gasteiger partial charge in [-0.2, -0.15) is 0 Å². The monoisotopic (exact) mass is 516 g/mol. The second-order valence-corrected chi connectivity index (χ2v) is 8.94. The SMILES string of the molecule is NC(=O)[C@@H](CCCN=C(N)N[N+](=O)[O-])N(Cc1ccc(O)cc1)C(=O)C1c2ccccc2-c2ccccc21. The molecule has 3 aromatic rings. The van der Waals surface area contributed by atoms with Gasteiger partial charge in [0.15, 0.2) is 5.03 Å². The van der Waals surface area contributed by atoms with Gasteiger partial charge in [0.05, 0.1) is 5.92 Å². The second-order valence-electron chi connectivity index (χ2n) is 8.94. The van der Waals surface area contributed by atoms with E-state index in [2.05, 4.69) is 4.99 Å². The summed E-state index contributed by atoms with van der Waals surface area (Å²) < 4.78 is 0. The van der Waals surface area contributed by atoms with E-state index in [9.17, 15) is 24.8 Å². The quantitative estimate of drug-likeness (QED) is 0.105. The van der Waals surface area contributed by atoms with Crippen LogP contribution in [0.4, 0.5) is 0 Å². The standard InChI is InChI=1S/C27H28N6O5/c28-25(35)23(10-5-15-30-27(29)31-33(37)38)32(16-17-11-13-18(34)14-12-17)26(36)24-21-8-3-1-6-19(21)20-7-2-4-9-22(20)24/h1-4,6-9,11-14,23-24,34H,5,10,15-16H2,(H2,28,35)(H3,29,30,31)/t23-/m1/s1. The highest BCUT2D eigenvalue weighted by atomic mass is 16.7. The minimum atomic E-state index is -0.976. The third-order valence-corrected chi connectivity index (χ3v) is 6.48. The van der Waals surface area contributed by atoms with E-state index in [1.807, 2.05) is 48.5 Å². The predicted octanol–water partition coefficient (Wildman–Crippen LogP) is 2.26. The lowest BCUT2D eigenvalue weighted by atomic mass is 9.93. The fourth-order valence-electron chi connectivity index (χ4n) is 4.79. The Morgan fingerprint density at radius 2 is 1.58 bits per heavy atom. The second kappa shape index (κ2) is 11.4. The Kier molecular flexibility index (Phi) is 7.86. The molecule has 0 aliphatic heterocycles. The molecule has 0 aromatic heterocycles. The highest BCUT2D eigenvalue weighted by molar-refractivity contribution is 5.98. The van der Waals surface area contributed by atoms with Gasteiger partial charge in [-0.05, 0) is 52.8 Å². The summed E-state index contributed by atoms with van der Waals surface area (Å²) in [5, 5.41) is 19.4. The van der Waals surface area contributed by atoms with Crippen molar-refractivity contribution in [1.82, 2.24) is 10.3 Å². The van der Waals surface area contributed by atoms with E-state index < -0.39 is 22.9 Å². The number of nitrogens with one attached hydrogen (secondary N) is 1. The zero-order valence-electron chi connectivity index (χ0n) is 20.5. The van der Waals surface area contributed by atoms with Crippen molar-refractivity contribution in [2.24, 2.45) is 16.5 Å². The number of guanidine groups is 1. The maximum atomic E-state index is 14.3. The molecular weight excluding hydrogens is 488 g/mol. The van der Waals surface area contributed by atoms with Gasteiger partial charge in [-0.1, -0.05) is 66.1 Å². The summed E-state index contributed by atoms with van der Waals surface area (Å²) in [6.45, 7) is 0.175. The summed E-state index contributed by atoms with van der Waals surface area (Å²) in [6, 6.07) is 20.8. The van der Waals surface area contributed by atoms with Crippen LogP contribution in [0.2, 0.25) is 0 Å². The maximum absolute atomic E-state index is 14.3. The Balaban J connectivity index is 1.66. The first kappa shape index (κ1) is 26.1. The number of phenols is 1. The maximum Gasteiger partial charge on any atom is 0.251 e. The first-order valence-corrected chi connectivity index (χ1v) is 12.0. The van der Waals surface area contributed by atoms with Gasteiger partial charge in [0, 0.05) is 13.1 Å². The molecule has 0 spiro atoms. The summed E-state index contributed by atoms with van der Waals surface area (Å²) in [5.41, 5.74) is 17.4. The number of hydrogen-bond donors (Lipinski definition) is 4. The highest BCUT2D eigenvalue weighted by Gasteiger charge is 2.39. The molecule has 0 saturated heterocycles. The molecule has 0 saturated carbocycles. The third-order valence-electron chi connectivity index (χ3n) is 6.48. The number of nitrogens with two attached hydrogens (primary N) is 2. The smallest absolute Gasteiger partial charge is 0.251 e. The van der Waals surface area contributed by atoms with E-state index in [0.717, 1.165) is 22.3 Å². The fraction of sp³-hybridized carbons (Fsp3) is 0.222. The number of phenolic OH excluding ortho intramolecular Hbond substituents is 1. The number of carbonyl (C=O) groups excluding carboxylic acids is 2. The van der Waals surface area contributed by atoms with Crippen LogP contribution in [-0.4, -0.2) is 45.4 Å². The normalized spacial score (nSPS) is 13.3. The van der Waals surface area contributed by atoms with Crippen molar-refractivity contribution in [1.29, 1.82) is 0 Å². The number of rotatable bonds is 10. The number of primary amides is 1. The number of carbonyl (C=O) groups is 2. The van der Waals surface area contributed by atoms with Gasteiger partial charge in [-0.15, -0.1) is 0 Å². The zero-order chi connectivity index (χ0) is 27.2. The van der Waals surface area contributed by atoms with Gasteiger partial charge < -0.3 is 21.5 Å². The van der Waals surface area contributed by atoms with Crippen LogP contribution >= 0.6 is 0 Å². The fourth-order valence-corrected chi connectivity index (χ4v) is 4.79. The Labute approximate surface area is 218 Å². The van der Waals surface area contributed by atoms with Gasteiger partial charge in [-0.3, -0.25) is 9.59 Å². The summed E-state index contributed by atoms with van der Waals surface area (Å²) in [5.74, 6) is -1.87. The number of hydrogen-bond acceptors (Lipinski definition) is 6. The molecule has 196 valence electrons. The average Bonchev–Trinajstić information content (AvgIpc) is 3.22. The number of nitrogens with zero attached hydrogens (tertiary/aromatic N) is 3. The molecule has 1 aliphatic carbocycles. The Morgan fingerprint density at radius 1 is 1.00 bits per heavy atom. The molecule has 3 aromatic carbocycles. The summed E-state index contributed by atoms with van der Waals surface area (Å²) in [6.07, 6.45) is 0.468. The van der Waals surface area contributed by atoms with Crippen LogP contribution < -0.4 is 16.9 Å². The van der Waals surface area contributed by atoms with Crippen LogP contribution in [0.15, 0.2) is 77.8 Å².